The molecular formula is C60H39BN4OS. The van der Waals surface area contributed by atoms with Gasteiger partial charge in [0.2, 0.25) is 0 Å². The lowest BCUT2D eigenvalue weighted by atomic mass is 9.33. The predicted molar refractivity (Wildman–Crippen MR) is 283 cm³/mol. The summed E-state index contributed by atoms with van der Waals surface area (Å²) in [6, 6.07) is 85.7. The standard InChI is InChI=1S/C60H39BN4OS/c1-6-20-40(21-7-1)62(41-22-8-2-9-23-41)45-34-54-60-55(35-45)65(44-28-14-5-15-29-44)52-39-59-47(46-30-16-19-33-58(46)67-59)36-48(52)61(60)49-37-57-53(38-51(49)64(54)43-26-12-4-13-27-43)63(42-24-10-3-11-25-42)50-31-17-18-32-56(50)66-57/h1-39H. The highest BCUT2D eigenvalue weighted by Gasteiger charge is 2.45. The first-order valence-electron chi connectivity index (χ1n) is 22.8. The molecule has 0 spiro atoms. The van der Waals surface area contributed by atoms with E-state index >= 15 is 0 Å². The van der Waals surface area contributed by atoms with Crippen molar-refractivity contribution in [3.63, 3.8) is 0 Å². The summed E-state index contributed by atoms with van der Waals surface area (Å²) in [4.78, 5) is 9.77. The van der Waals surface area contributed by atoms with E-state index in [0.29, 0.717) is 0 Å². The van der Waals surface area contributed by atoms with E-state index in [1.54, 1.807) is 0 Å². The second-order valence-electron chi connectivity index (χ2n) is 17.3. The molecule has 0 aliphatic carbocycles. The first-order chi connectivity index (χ1) is 33.2. The van der Waals surface area contributed by atoms with Crippen molar-refractivity contribution < 1.29 is 4.74 Å². The van der Waals surface area contributed by atoms with Crippen molar-refractivity contribution in [2.75, 3.05) is 19.6 Å². The number of benzene rings is 10. The number of rotatable bonds is 6. The lowest BCUT2D eigenvalue weighted by Gasteiger charge is -2.45. The number of anilines is 12. The zero-order valence-electron chi connectivity index (χ0n) is 36.2. The third kappa shape index (κ3) is 5.88. The van der Waals surface area contributed by atoms with Gasteiger partial charge in [-0.25, -0.2) is 0 Å². The summed E-state index contributed by atoms with van der Waals surface area (Å²) < 4.78 is 9.58. The molecule has 3 aliphatic heterocycles. The van der Waals surface area contributed by atoms with Gasteiger partial charge in [-0.2, -0.15) is 0 Å². The minimum atomic E-state index is -0.148. The molecule has 0 unspecified atom stereocenters. The zero-order valence-corrected chi connectivity index (χ0v) is 37.0. The van der Waals surface area contributed by atoms with Crippen molar-refractivity contribution in [3.05, 3.63) is 237 Å². The molecule has 14 rings (SSSR count). The fourth-order valence-electron chi connectivity index (χ4n) is 10.7. The highest BCUT2D eigenvalue weighted by Crippen LogP contribution is 2.54. The number of para-hydroxylation sites is 7. The van der Waals surface area contributed by atoms with E-state index in [2.05, 4.69) is 256 Å². The Bertz CT molecular complexity index is 3660. The highest BCUT2D eigenvalue weighted by atomic mass is 32.1. The third-order valence-electron chi connectivity index (χ3n) is 13.5. The monoisotopic (exact) mass is 874 g/mol. The lowest BCUT2D eigenvalue weighted by Crippen LogP contribution is -2.61. The van der Waals surface area contributed by atoms with Crippen LogP contribution in [0.1, 0.15) is 0 Å². The van der Waals surface area contributed by atoms with E-state index in [4.69, 9.17) is 4.74 Å². The first kappa shape index (κ1) is 37.8. The Morgan fingerprint density at radius 2 is 0.836 bits per heavy atom. The van der Waals surface area contributed by atoms with Gasteiger partial charge in [-0.3, -0.25) is 0 Å². The van der Waals surface area contributed by atoms with Gasteiger partial charge in [0, 0.05) is 66.0 Å². The maximum absolute atomic E-state index is 7.03. The van der Waals surface area contributed by atoms with Gasteiger partial charge in [-0.1, -0.05) is 127 Å². The molecule has 0 amide bonds. The van der Waals surface area contributed by atoms with E-state index in [1.165, 1.54) is 42.2 Å². The molecule has 10 aromatic carbocycles. The largest absolute Gasteiger partial charge is 0.453 e. The number of hydrogen-bond donors (Lipinski definition) is 0. The fraction of sp³-hybridized carbons (Fsp3) is 0. The van der Waals surface area contributed by atoms with Crippen LogP contribution < -0.4 is 40.7 Å². The second-order valence-corrected chi connectivity index (χ2v) is 18.4. The molecule has 0 saturated carbocycles. The van der Waals surface area contributed by atoms with E-state index in [9.17, 15) is 0 Å². The van der Waals surface area contributed by atoms with Crippen LogP contribution in [0.2, 0.25) is 0 Å². The maximum atomic E-state index is 7.03. The van der Waals surface area contributed by atoms with Crippen LogP contribution in [0.4, 0.5) is 68.2 Å². The SMILES string of the molecule is c1ccc(N(c2ccccc2)c2cc3c4c(c2)N(c2ccccc2)c2cc5sc6ccccc6c5cc2B4c2cc4c(cc2N3c2ccccc2)N(c2ccccc2)c2ccccc2O4)cc1. The molecule has 3 aliphatic rings. The Morgan fingerprint density at radius 1 is 0.343 bits per heavy atom. The summed E-state index contributed by atoms with van der Waals surface area (Å²) in [5.74, 6) is 1.65. The molecule has 7 heteroatoms. The molecule has 0 radical (unpaired) electrons. The predicted octanol–water partition coefficient (Wildman–Crippen LogP) is 15.2. The Labute approximate surface area is 393 Å². The summed E-state index contributed by atoms with van der Waals surface area (Å²) >= 11 is 1.87. The molecule has 67 heavy (non-hydrogen) atoms. The van der Waals surface area contributed by atoms with Crippen molar-refractivity contribution in [2.45, 2.75) is 0 Å². The molecule has 0 atom stereocenters. The van der Waals surface area contributed by atoms with E-state index in [0.717, 1.165) is 74.1 Å². The van der Waals surface area contributed by atoms with Gasteiger partial charge >= 0.3 is 0 Å². The number of thiophene rings is 1. The minimum absolute atomic E-state index is 0.148. The van der Waals surface area contributed by atoms with Crippen LogP contribution in [0.3, 0.4) is 0 Å². The van der Waals surface area contributed by atoms with Crippen LogP contribution in [0.25, 0.3) is 20.2 Å². The maximum Gasteiger partial charge on any atom is 0.252 e. The molecule has 11 aromatic rings. The fourth-order valence-corrected chi connectivity index (χ4v) is 11.9. The van der Waals surface area contributed by atoms with Crippen LogP contribution in [-0.2, 0) is 0 Å². The topological polar surface area (TPSA) is 22.2 Å². The zero-order chi connectivity index (χ0) is 44.0. The third-order valence-corrected chi connectivity index (χ3v) is 14.7. The summed E-state index contributed by atoms with van der Waals surface area (Å²) in [5, 5.41) is 2.56. The van der Waals surface area contributed by atoms with Crippen LogP contribution in [0, 0.1) is 0 Å². The molecule has 314 valence electrons. The first-order valence-corrected chi connectivity index (χ1v) is 23.6. The average Bonchev–Trinajstić information content (AvgIpc) is 3.75. The van der Waals surface area contributed by atoms with Crippen LogP contribution in [0.5, 0.6) is 11.5 Å². The molecule has 0 N–H and O–H groups in total. The summed E-state index contributed by atoms with van der Waals surface area (Å²) in [6.07, 6.45) is 0. The average molecular weight is 875 g/mol. The van der Waals surface area contributed by atoms with Crippen molar-refractivity contribution in [2.24, 2.45) is 0 Å². The van der Waals surface area contributed by atoms with Crippen molar-refractivity contribution in [1.82, 2.24) is 0 Å². The lowest BCUT2D eigenvalue weighted by molar-refractivity contribution is 0.477. The van der Waals surface area contributed by atoms with Crippen LogP contribution in [-0.4, -0.2) is 6.71 Å². The normalized spacial score (nSPS) is 13.1. The molecule has 0 fully saturated rings. The van der Waals surface area contributed by atoms with Crippen LogP contribution in [0.15, 0.2) is 237 Å². The molecule has 1 aromatic heterocycles. The molecule has 0 saturated heterocycles. The van der Waals surface area contributed by atoms with Gasteiger partial charge in [0.15, 0.2) is 11.5 Å². The van der Waals surface area contributed by atoms with E-state index in [-0.39, 0.29) is 6.71 Å². The number of fused-ring (bicyclic) bond motifs is 9. The Kier molecular flexibility index (Phi) is 8.48. The number of hydrogen-bond acceptors (Lipinski definition) is 6. The Balaban J connectivity index is 1.13. The smallest absolute Gasteiger partial charge is 0.252 e. The van der Waals surface area contributed by atoms with Crippen LogP contribution >= 0.6 is 11.3 Å². The minimum Gasteiger partial charge on any atom is -0.453 e. The van der Waals surface area contributed by atoms with Gasteiger partial charge in [-0.15, -0.1) is 11.3 Å². The molecular weight excluding hydrogens is 836 g/mol. The van der Waals surface area contributed by atoms with Gasteiger partial charge < -0.3 is 24.3 Å². The quantitative estimate of drug-likeness (QED) is 0.155. The van der Waals surface area contributed by atoms with Gasteiger partial charge in [-0.05, 0) is 131 Å². The summed E-state index contributed by atoms with van der Waals surface area (Å²) in [7, 11) is 0. The summed E-state index contributed by atoms with van der Waals surface area (Å²) in [6.45, 7) is -0.148. The Morgan fingerprint density at radius 3 is 1.45 bits per heavy atom. The second kappa shape index (κ2) is 15.0. The van der Waals surface area contributed by atoms with Gasteiger partial charge in [0.1, 0.15) is 0 Å². The number of ether oxygens (including phenoxy) is 1. The Hall–Kier alpha value is -8.52. The van der Waals surface area contributed by atoms with Crippen molar-refractivity contribution in [3.8, 4) is 11.5 Å². The molecule has 0 bridgehead atoms. The molecule has 4 heterocycles. The van der Waals surface area contributed by atoms with E-state index in [1.807, 2.05) is 11.3 Å². The van der Waals surface area contributed by atoms with Crippen molar-refractivity contribution in [1.29, 1.82) is 0 Å². The van der Waals surface area contributed by atoms with E-state index < -0.39 is 0 Å². The highest BCUT2D eigenvalue weighted by molar-refractivity contribution is 7.26. The molecule has 5 nitrogen and oxygen atoms in total. The van der Waals surface area contributed by atoms with Gasteiger partial charge in [0.25, 0.3) is 6.71 Å². The number of nitrogens with zero attached hydrogens (tertiary/aromatic N) is 4. The van der Waals surface area contributed by atoms with Gasteiger partial charge in [0.05, 0.1) is 17.1 Å². The van der Waals surface area contributed by atoms with Crippen molar-refractivity contribution >= 4 is 123 Å². The summed E-state index contributed by atoms with van der Waals surface area (Å²) in [5.41, 5.74) is 16.7.